The van der Waals surface area contributed by atoms with Gasteiger partial charge in [0.25, 0.3) is 0 Å². The lowest BCUT2D eigenvalue weighted by Crippen LogP contribution is -2.29. The number of carbonyl (C=O) groups excluding carboxylic acids is 1. The van der Waals surface area contributed by atoms with Crippen molar-refractivity contribution in [1.29, 1.82) is 5.26 Å². The van der Waals surface area contributed by atoms with Crippen LogP contribution in [0.25, 0.3) is 0 Å². The molecule has 0 aliphatic carbocycles. The van der Waals surface area contributed by atoms with Gasteiger partial charge in [0, 0.05) is 7.05 Å². The first-order valence-corrected chi connectivity index (χ1v) is 5.44. The topological polar surface area (TPSA) is 53.3 Å². The highest BCUT2D eigenvalue weighted by Crippen LogP contribution is 2.17. The number of hydrogen-bond donors (Lipinski definition) is 0. The van der Waals surface area contributed by atoms with Gasteiger partial charge in [0.15, 0.2) is 0 Å². The number of nitriles is 1. The molecular formula is C13H16N2O2. The maximum Gasteiger partial charge on any atom is 0.325 e. The van der Waals surface area contributed by atoms with Gasteiger partial charge in [0.1, 0.15) is 12.6 Å². The van der Waals surface area contributed by atoms with Crippen molar-refractivity contribution >= 4 is 11.7 Å². The van der Waals surface area contributed by atoms with Gasteiger partial charge in [-0.1, -0.05) is 12.1 Å². The second-order valence-corrected chi connectivity index (χ2v) is 4.02. The minimum atomic E-state index is -0.296. The number of carbonyl (C=O) groups is 1. The highest BCUT2D eigenvalue weighted by Gasteiger charge is 2.12. The van der Waals surface area contributed by atoms with Crippen molar-refractivity contribution in [3.05, 3.63) is 29.8 Å². The minimum absolute atomic E-state index is 0.123. The van der Waals surface area contributed by atoms with Crippen LogP contribution in [0.15, 0.2) is 24.3 Å². The number of ether oxygens (including phenoxy) is 1. The van der Waals surface area contributed by atoms with Crippen molar-refractivity contribution in [2.75, 3.05) is 18.5 Å². The molecule has 1 aromatic carbocycles. The Labute approximate surface area is 101 Å². The number of rotatable bonds is 4. The summed E-state index contributed by atoms with van der Waals surface area (Å²) in [4.78, 5) is 13.2. The van der Waals surface area contributed by atoms with Gasteiger partial charge in [-0.25, -0.2) is 0 Å². The molecule has 1 rings (SSSR count). The normalized spacial score (nSPS) is 9.82. The lowest BCUT2D eigenvalue weighted by molar-refractivity contribution is -0.145. The minimum Gasteiger partial charge on any atom is -0.462 e. The summed E-state index contributed by atoms with van der Waals surface area (Å²) in [5.41, 5.74) is 1.28. The fourth-order valence-electron chi connectivity index (χ4n) is 1.48. The third kappa shape index (κ3) is 3.80. The van der Waals surface area contributed by atoms with Crippen LogP contribution in [-0.4, -0.2) is 25.7 Å². The Morgan fingerprint density at radius 1 is 1.47 bits per heavy atom. The van der Waals surface area contributed by atoms with E-state index in [2.05, 4.69) is 6.07 Å². The average molecular weight is 232 g/mol. The van der Waals surface area contributed by atoms with Gasteiger partial charge in [-0.05, 0) is 26.0 Å². The quantitative estimate of drug-likeness (QED) is 0.744. The van der Waals surface area contributed by atoms with Crippen LogP contribution in [0.4, 0.5) is 5.69 Å². The van der Waals surface area contributed by atoms with E-state index in [1.165, 1.54) is 0 Å². The number of benzene rings is 1. The van der Waals surface area contributed by atoms with E-state index in [-0.39, 0.29) is 18.6 Å². The van der Waals surface area contributed by atoms with Gasteiger partial charge in [0.2, 0.25) is 0 Å². The summed E-state index contributed by atoms with van der Waals surface area (Å²) < 4.78 is 5.05. The van der Waals surface area contributed by atoms with Crippen LogP contribution in [0.3, 0.4) is 0 Å². The molecule has 90 valence electrons. The van der Waals surface area contributed by atoms with Crippen LogP contribution in [0.1, 0.15) is 19.4 Å². The maximum atomic E-state index is 11.5. The number of anilines is 1. The Kier molecular flexibility index (Phi) is 4.53. The molecule has 0 heterocycles. The molecule has 0 saturated heterocycles. The van der Waals surface area contributed by atoms with E-state index >= 15 is 0 Å². The zero-order valence-corrected chi connectivity index (χ0v) is 10.3. The van der Waals surface area contributed by atoms with E-state index < -0.39 is 0 Å². The van der Waals surface area contributed by atoms with Crippen LogP contribution in [-0.2, 0) is 9.53 Å². The van der Waals surface area contributed by atoms with E-state index in [1.807, 2.05) is 6.07 Å². The number of esters is 1. The summed E-state index contributed by atoms with van der Waals surface area (Å²) in [7, 11) is 1.76. The maximum absolute atomic E-state index is 11.5. The molecule has 0 aliphatic rings. The molecule has 0 N–H and O–H groups in total. The van der Waals surface area contributed by atoms with E-state index in [0.717, 1.165) is 5.69 Å². The summed E-state index contributed by atoms with van der Waals surface area (Å²) in [6.45, 7) is 3.75. The Morgan fingerprint density at radius 3 is 2.71 bits per heavy atom. The average Bonchev–Trinajstić information content (AvgIpc) is 2.27. The number of hydrogen-bond acceptors (Lipinski definition) is 4. The molecule has 0 saturated carbocycles. The van der Waals surface area contributed by atoms with Gasteiger partial charge in [-0.15, -0.1) is 0 Å². The van der Waals surface area contributed by atoms with E-state index in [1.54, 1.807) is 44.0 Å². The van der Waals surface area contributed by atoms with Gasteiger partial charge in [-0.3, -0.25) is 4.79 Å². The monoisotopic (exact) mass is 232 g/mol. The van der Waals surface area contributed by atoms with Gasteiger partial charge in [0.05, 0.1) is 17.4 Å². The lowest BCUT2D eigenvalue weighted by atomic mass is 10.2. The first-order valence-electron chi connectivity index (χ1n) is 5.44. The zero-order chi connectivity index (χ0) is 12.8. The van der Waals surface area contributed by atoms with Crippen molar-refractivity contribution in [1.82, 2.24) is 0 Å². The molecule has 4 heteroatoms. The molecule has 17 heavy (non-hydrogen) atoms. The van der Waals surface area contributed by atoms with E-state index in [9.17, 15) is 4.79 Å². The highest BCUT2D eigenvalue weighted by molar-refractivity contribution is 5.76. The molecule has 0 unspecified atom stereocenters. The van der Waals surface area contributed by atoms with Crippen molar-refractivity contribution in [2.45, 2.75) is 20.0 Å². The smallest absolute Gasteiger partial charge is 0.325 e. The fraction of sp³-hybridized carbons (Fsp3) is 0.385. The molecule has 0 fully saturated rings. The van der Waals surface area contributed by atoms with Crippen molar-refractivity contribution in [3.63, 3.8) is 0 Å². The van der Waals surface area contributed by atoms with Crippen LogP contribution in [0, 0.1) is 11.3 Å². The fourth-order valence-corrected chi connectivity index (χ4v) is 1.48. The van der Waals surface area contributed by atoms with Gasteiger partial charge >= 0.3 is 5.97 Å². The molecule has 0 amide bonds. The molecule has 0 radical (unpaired) electrons. The van der Waals surface area contributed by atoms with Crippen molar-refractivity contribution in [2.24, 2.45) is 0 Å². The second kappa shape index (κ2) is 5.90. The summed E-state index contributed by atoms with van der Waals surface area (Å²) >= 11 is 0. The Bertz CT molecular complexity index is 435. The molecule has 0 aliphatic heterocycles. The number of para-hydroxylation sites is 1. The zero-order valence-electron chi connectivity index (χ0n) is 10.3. The van der Waals surface area contributed by atoms with Gasteiger partial charge < -0.3 is 9.64 Å². The van der Waals surface area contributed by atoms with Gasteiger partial charge in [-0.2, -0.15) is 5.26 Å². The van der Waals surface area contributed by atoms with Crippen LogP contribution in [0.5, 0.6) is 0 Å². The van der Waals surface area contributed by atoms with E-state index in [4.69, 9.17) is 10.00 Å². The van der Waals surface area contributed by atoms with E-state index in [0.29, 0.717) is 5.56 Å². The van der Waals surface area contributed by atoms with Crippen molar-refractivity contribution in [3.8, 4) is 6.07 Å². The largest absolute Gasteiger partial charge is 0.462 e. The number of nitrogens with zero attached hydrogens (tertiary/aromatic N) is 2. The standard InChI is InChI=1S/C13H16N2O2/c1-10(2)17-13(16)9-15(3)12-7-5-4-6-11(12)8-14/h4-7,10H,9H2,1-3H3. The Hall–Kier alpha value is -2.02. The first kappa shape index (κ1) is 13.0. The highest BCUT2D eigenvalue weighted by atomic mass is 16.5. The lowest BCUT2D eigenvalue weighted by Gasteiger charge is -2.20. The first-order chi connectivity index (χ1) is 8.04. The summed E-state index contributed by atoms with van der Waals surface area (Å²) in [6, 6.07) is 9.25. The molecule has 0 bridgehead atoms. The molecule has 0 atom stereocenters. The third-order valence-electron chi connectivity index (χ3n) is 2.17. The second-order valence-electron chi connectivity index (χ2n) is 4.02. The summed E-state index contributed by atoms with van der Waals surface area (Å²) in [6.07, 6.45) is -0.123. The Balaban J connectivity index is 2.73. The summed E-state index contributed by atoms with van der Waals surface area (Å²) in [5.74, 6) is -0.296. The molecular weight excluding hydrogens is 216 g/mol. The summed E-state index contributed by atoms with van der Waals surface area (Å²) in [5, 5.41) is 8.95. The van der Waals surface area contributed by atoms with Crippen molar-refractivity contribution < 1.29 is 9.53 Å². The van der Waals surface area contributed by atoms with Crippen LogP contribution >= 0.6 is 0 Å². The predicted molar refractivity (Wildman–Crippen MR) is 65.7 cm³/mol. The molecule has 0 aromatic heterocycles. The number of likely N-dealkylation sites (N-methyl/N-ethyl adjacent to an activating group) is 1. The molecule has 1 aromatic rings. The van der Waals surface area contributed by atoms with Crippen LogP contribution < -0.4 is 4.90 Å². The predicted octanol–water partition coefficient (Wildman–Crippen LogP) is 1.95. The third-order valence-corrected chi connectivity index (χ3v) is 2.17. The Morgan fingerprint density at radius 2 is 2.12 bits per heavy atom. The molecule has 0 spiro atoms. The molecule has 4 nitrogen and oxygen atoms in total. The van der Waals surface area contributed by atoms with Crippen LogP contribution in [0.2, 0.25) is 0 Å². The SMILES string of the molecule is CC(C)OC(=O)CN(C)c1ccccc1C#N.